The summed E-state index contributed by atoms with van der Waals surface area (Å²) >= 11 is 0. The van der Waals surface area contributed by atoms with Crippen molar-refractivity contribution in [3.05, 3.63) is 77.4 Å². The summed E-state index contributed by atoms with van der Waals surface area (Å²) in [5.41, 5.74) is -0.501. The molecule has 6 nitrogen and oxygen atoms in total. The molecule has 40 heavy (non-hydrogen) atoms. The van der Waals surface area contributed by atoms with E-state index >= 15 is 0 Å². The second-order valence-corrected chi connectivity index (χ2v) is 11.3. The average molecular weight is 555 g/mol. The van der Waals surface area contributed by atoms with Gasteiger partial charge in [0, 0.05) is 30.8 Å². The van der Waals surface area contributed by atoms with Crippen LogP contribution in [0.15, 0.2) is 55.1 Å². The number of hydrogen-bond donors (Lipinski definition) is 2. The molecular weight excluding hydrogens is 521 g/mol. The molecule has 6 rings (SSSR count). The zero-order valence-electron chi connectivity index (χ0n) is 22.3. The monoisotopic (exact) mass is 554 g/mol. The fourth-order valence-corrected chi connectivity index (χ4v) is 7.94. The van der Waals surface area contributed by atoms with E-state index in [1.807, 2.05) is 19.1 Å². The number of rotatable bonds is 6. The fourth-order valence-electron chi connectivity index (χ4n) is 7.94. The number of phenols is 1. The van der Waals surface area contributed by atoms with Crippen molar-refractivity contribution in [3.8, 4) is 11.5 Å². The van der Waals surface area contributed by atoms with E-state index in [0.29, 0.717) is 44.5 Å². The van der Waals surface area contributed by atoms with Gasteiger partial charge in [0.2, 0.25) is 5.91 Å². The summed E-state index contributed by atoms with van der Waals surface area (Å²) < 4.78 is 46.0. The summed E-state index contributed by atoms with van der Waals surface area (Å²) in [6, 6.07) is 7.85. The highest BCUT2D eigenvalue weighted by Crippen LogP contribution is 2.65. The second-order valence-electron chi connectivity index (χ2n) is 11.3. The third-order valence-corrected chi connectivity index (χ3v) is 9.56. The van der Waals surface area contributed by atoms with Gasteiger partial charge in [-0.05, 0) is 74.6 Å². The maximum atomic E-state index is 13.5. The molecule has 2 aromatic rings. The molecule has 212 valence electrons. The molecule has 0 unspecified atom stereocenters. The minimum Gasteiger partial charge on any atom is -0.504 e. The maximum Gasteiger partial charge on any atom is 0.416 e. The van der Waals surface area contributed by atoms with Crippen LogP contribution >= 0.6 is 0 Å². The number of hydrogen-bond acceptors (Lipinski definition) is 5. The molecule has 0 aromatic heterocycles. The van der Waals surface area contributed by atoms with Gasteiger partial charge in [0.1, 0.15) is 6.10 Å². The number of nitrogens with zero attached hydrogens (tertiary/aromatic N) is 2. The SMILES string of the molecule is C=CCN1CC[C@]23c4c5ccc(O)c4O[C@H]2[C@H](N(CC)C(=O)C=Cc2cccc(C(F)(F)F)c2)CC[C@@]3(O)[C@H]1C5. The van der Waals surface area contributed by atoms with Crippen LogP contribution in [0.1, 0.15) is 48.4 Å². The van der Waals surface area contributed by atoms with Gasteiger partial charge in [0.05, 0.1) is 22.6 Å². The van der Waals surface area contributed by atoms with Gasteiger partial charge in [-0.1, -0.05) is 24.3 Å². The van der Waals surface area contributed by atoms with Gasteiger partial charge in [-0.25, -0.2) is 0 Å². The van der Waals surface area contributed by atoms with Gasteiger partial charge in [0.25, 0.3) is 0 Å². The lowest BCUT2D eigenvalue weighted by molar-refractivity contribution is -0.199. The smallest absolute Gasteiger partial charge is 0.416 e. The number of phenolic OH excluding ortho intramolecular Hbond substituents is 1. The molecule has 5 atom stereocenters. The Morgan fingerprint density at radius 3 is 2.80 bits per heavy atom. The Kier molecular flexibility index (Phi) is 6.31. The molecule has 2 aromatic carbocycles. The fraction of sp³-hybridized carbons (Fsp3) is 0.452. The summed E-state index contributed by atoms with van der Waals surface area (Å²) in [7, 11) is 0. The lowest BCUT2D eigenvalue weighted by Crippen LogP contribution is -2.78. The Morgan fingerprint density at radius 2 is 2.08 bits per heavy atom. The number of ether oxygens (including phenoxy) is 1. The number of aromatic hydroxyl groups is 1. The molecule has 2 aliphatic carbocycles. The van der Waals surface area contributed by atoms with E-state index < -0.39 is 34.9 Å². The standard InChI is InChI=1S/C31H33F3N2O4/c1-3-15-35-16-14-29-26-20-9-10-23(37)27(26)40-28(29)22(12-13-30(29,39)24(35)18-20)36(4-2)25(38)11-8-19-6-5-7-21(17-19)31(32,33)34/h3,5-11,17,22,24,28,37,39H,1,4,12-16,18H2,2H3/t22-,24-,28+,29+,30-/m1/s1. The predicted octanol–water partition coefficient (Wildman–Crippen LogP) is 4.68. The van der Waals surface area contributed by atoms with E-state index in [0.717, 1.165) is 29.8 Å². The number of amides is 1. The number of alkyl halides is 3. The molecule has 1 spiro atoms. The summed E-state index contributed by atoms with van der Waals surface area (Å²) in [5.74, 6) is 0.0769. The second kappa shape index (κ2) is 9.38. The van der Waals surface area contributed by atoms with E-state index in [4.69, 9.17) is 4.74 Å². The molecular formula is C31H33F3N2O4. The number of halogens is 3. The summed E-state index contributed by atoms with van der Waals surface area (Å²) in [6.45, 7) is 7.48. The molecule has 1 amide bonds. The lowest BCUT2D eigenvalue weighted by Gasteiger charge is -2.64. The molecule has 4 aliphatic rings. The van der Waals surface area contributed by atoms with E-state index in [2.05, 4.69) is 11.5 Å². The predicted molar refractivity (Wildman–Crippen MR) is 144 cm³/mol. The largest absolute Gasteiger partial charge is 0.504 e. The van der Waals surface area contributed by atoms with Crippen molar-refractivity contribution in [1.29, 1.82) is 0 Å². The Morgan fingerprint density at radius 1 is 1.27 bits per heavy atom. The van der Waals surface area contributed by atoms with E-state index in [1.165, 1.54) is 24.3 Å². The van der Waals surface area contributed by atoms with Crippen LogP contribution in [-0.2, 0) is 22.8 Å². The van der Waals surface area contributed by atoms with Crippen LogP contribution in [0, 0.1) is 0 Å². The number of benzene rings is 2. The van der Waals surface area contributed by atoms with Crippen molar-refractivity contribution in [2.45, 2.75) is 68.0 Å². The van der Waals surface area contributed by atoms with Crippen molar-refractivity contribution >= 4 is 12.0 Å². The van der Waals surface area contributed by atoms with Crippen molar-refractivity contribution in [3.63, 3.8) is 0 Å². The Hall–Kier alpha value is -3.30. The number of aliphatic hydroxyl groups is 1. The molecule has 1 saturated carbocycles. The third-order valence-electron chi connectivity index (χ3n) is 9.56. The van der Waals surface area contributed by atoms with E-state index in [-0.39, 0.29) is 23.3 Å². The van der Waals surface area contributed by atoms with Crippen LogP contribution in [0.3, 0.4) is 0 Å². The molecule has 0 radical (unpaired) electrons. The molecule has 9 heteroatoms. The Labute approximate surface area is 231 Å². The zero-order chi connectivity index (χ0) is 28.4. The van der Waals surface area contributed by atoms with Crippen LogP contribution in [0.2, 0.25) is 0 Å². The molecule has 2 heterocycles. The minimum absolute atomic E-state index is 0.0226. The first-order valence-electron chi connectivity index (χ1n) is 13.8. The number of carbonyl (C=O) groups excluding carboxylic acids is 1. The van der Waals surface area contributed by atoms with Crippen LogP contribution in [0.4, 0.5) is 13.2 Å². The first-order valence-corrected chi connectivity index (χ1v) is 13.8. The van der Waals surface area contributed by atoms with Crippen LogP contribution in [0.25, 0.3) is 6.08 Å². The quantitative estimate of drug-likeness (QED) is 0.401. The number of likely N-dealkylation sites (N-methyl/N-ethyl adjacent to an activating group) is 1. The summed E-state index contributed by atoms with van der Waals surface area (Å²) in [4.78, 5) is 17.5. The highest BCUT2D eigenvalue weighted by Gasteiger charge is 2.73. The molecule has 2 aliphatic heterocycles. The Balaban J connectivity index is 1.36. The highest BCUT2D eigenvalue weighted by molar-refractivity contribution is 5.92. The number of carbonyl (C=O) groups is 1. The highest BCUT2D eigenvalue weighted by atomic mass is 19.4. The van der Waals surface area contributed by atoms with Gasteiger partial charge in [-0.3, -0.25) is 9.69 Å². The van der Waals surface area contributed by atoms with Crippen LogP contribution in [0.5, 0.6) is 11.5 Å². The van der Waals surface area contributed by atoms with Crippen molar-refractivity contribution in [2.75, 3.05) is 19.6 Å². The van der Waals surface area contributed by atoms with Gasteiger partial charge < -0.3 is 19.8 Å². The molecule has 2 N–H and O–H groups in total. The average Bonchev–Trinajstić information content (AvgIpc) is 3.27. The number of likely N-dealkylation sites (tertiary alicyclic amines) is 1. The third kappa shape index (κ3) is 3.74. The topological polar surface area (TPSA) is 73.2 Å². The maximum absolute atomic E-state index is 13.5. The van der Waals surface area contributed by atoms with E-state index in [1.54, 1.807) is 11.0 Å². The van der Waals surface area contributed by atoms with Crippen LogP contribution < -0.4 is 4.74 Å². The summed E-state index contributed by atoms with van der Waals surface area (Å²) in [5, 5.41) is 23.3. The first kappa shape index (κ1) is 26.9. The van der Waals surface area contributed by atoms with Gasteiger partial charge in [-0.15, -0.1) is 6.58 Å². The van der Waals surface area contributed by atoms with Crippen molar-refractivity contribution in [1.82, 2.24) is 9.80 Å². The Bertz CT molecular complexity index is 1390. The van der Waals surface area contributed by atoms with Gasteiger partial charge >= 0.3 is 6.18 Å². The lowest BCUT2D eigenvalue weighted by atomic mass is 9.48. The number of piperidine rings is 1. The molecule has 2 fully saturated rings. The van der Waals surface area contributed by atoms with E-state index in [9.17, 15) is 28.2 Å². The molecule has 1 saturated heterocycles. The normalized spacial score (nSPS) is 30.6. The first-order chi connectivity index (χ1) is 19.0. The zero-order valence-corrected chi connectivity index (χ0v) is 22.3. The van der Waals surface area contributed by atoms with Crippen molar-refractivity contribution in [2.24, 2.45) is 0 Å². The summed E-state index contributed by atoms with van der Waals surface area (Å²) in [6.07, 6.45) is 1.67. The molecule has 2 bridgehead atoms. The van der Waals surface area contributed by atoms with Crippen LogP contribution in [-0.4, -0.2) is 69.3 Å². The minimum atomic E-state index is -4.47. The van der Waals surface area contributed by atoms with Gasteiger partial charge in [-0.2, -0.15) is 13.2 Å². The van der Waals surface area contributed by atoms with Gasteiger partial charge in [0.15, 0.2) is 11.5 Å². The van der Waals surface area contributed by atoms with Crippen molar-refractivity contribution < 1.29 is 32.9 Å².